The highest BCUT2D eigenvalue weighted by Gasteiger charge is 2.61. The Morgan fingerprint density at radius 1 is 1.44 bits per heavy atom. The lowest BCUT2D eigenvalue weighted by Gasteiger charge is -2.06. The van der Waals surface area contributed by atoms with Crippen LogP contribution < -0.4 is 5.43 Å². The Bertz CT molecular complexity index is 306. The van der Waals surface area contributed by atoms with Crippen molar-refractivity contribution in [2.75, 3.05) is 0 Å². The summed E-state index contributed by atoms with van der Waals surface area (Å²) < 4.78 is 0. The van der Waals surface area contributed by atoms with Gasteiger partial charge in [0.1, 0.15) is 0 Å². The highest BCUT2D eigenvalue weighted by molar-refractivity contribution is 5.84. The Morgan fingerprint density at radius 2 is 2.06 bits per heavy atom. The summed E-state index contributed by atoms with van der Waals surface area (Å²) in [4.78, 5) is 10.9. The molecule has 2 aliphatic rings. The van der Waals surface area contributed by atoms with Crippen LogP contribution in [-0.4, -0.2) is 23.3 Å². The van der Waals surface area contributed by atoms with Gasteiger partial charge < -0.3 is 10.5 Å². The van der Waals surface area contributed by atoms with E-state index in [1.165, 1.54) is 25.7 Å². The van der Waals surface area contributed by atoms with Crippen LogP contribution in [0.5, 0.6) is 0 Å². The standard InChI is InChI=1S/C12H20N2O2/c1-12(2)9(10(12)11(15)16)7-13-14-8-5-3-4-6-8/h7-10,14H,3-6H2,1-2H3,(H,15,16)/b13-7+/t9?,10-/m0/s1. The van der Waals surface area contributed by atoms with Crippen LogP contribution in [0.2, 0.25) is 0 Å². The predicted molar refractivity (Wildman–Crippen MR) is 62.3 cm³/mol. The third kappa shape index (κ3) is 2.06. The van der Waals surface area contributed by atoms with Crippen LogP contribution in [0.25, 0.3) is 0 Å². The first-order valence-corrected chi connectivity index (χ1v) is 6.05. The molecular weight excluding hydrogens is 204 g/mol. The van der Waals surface area contributed by atoms with Gasteiger partial charge in [0.15, 0.2) is 0 Å². The second kappa shape index (κ2) is 4.07. The quantitative estimate of drug-likeness (QED) is 0.566. The smallest absolute Gasteiger partial charge is 0.307 e. The third-order valence-electron chi connectivity index (χ3n) is 4.02. The molecule has 0 amide bonds. The summed E-state index contributed by atoms with van der Waals surface area (Å²) in [5.74, 6) is -0.886. The fourth-order valence-corrected chi connectivity index (χ4v) is 2.71. The van der Waals surface area contributed by atoms with Gasteiger partial charge in [-0.15, -0.1) is 0 Å². The topological polar surface area (TPSA) is 61.7 Å². The molecule has 0 bridgehead atoms. The van der Waals surface area contributed by atoms with Crippen molar-refractivity contribution >= 4 is 12.2 Å². The van der Waals surface area contributed by atoms with Gasteiger partial charge in [-0.2, -0.15) is 5.10 Å². The number of hydrogen-bond donors (Lipinski definition) is 2. The fraction of sp³-hybridized carbons (Fsp3) is 0.833. The van der Waals surface area contributed by atoms with Crippen LogP contribution in [0, 0.1) is 17.3 Å². The Balaban J connectivity index is 1.81. The van der Waals surface area contributed by atoms with Crippen molar-refractivity contribution in [2.45, 2.75) is 45.6 Å². The van der Waals surface area contributed by atoms with E-state index in [2.05, 4.69) is 10.5 Å². The monoisotopic (exact) mass is 224 g/mol. The van der Waals surface area contributed by atoms with Crippen LogP contribution in [0.3, 0.4) is 0 Å². The van der Waals surface area contributed by atoms with Gasteiger partial charge in [-0.25, -0.2) is 0 Å². The summed E-state index contributed by atoms with van der Waals surface area (Å²) in [6.45, 7) is 3.97. The molecule has 2 saturated carbocycles. The SMILES string of the molecule is CC1(C)C(/C=N/NC2CCCC2)[C@H]1C(=O)O. The minimum atomic E-state index is -0.706. The zero-order valence-corrected chi connectivity index (χ0v) is 9.94. The Kier molecular flexibility index (Phi) is 2.91. The maximum absolute atomic E-state index is 10.9. The molecule has 2 fully saturated rings. The number of nitrogens with one attached hydrogen (secondary N) is 1. The van der Waals surface area contributed by atoms with Gasteiger partial charge in [-0.1, -0.05) is 26.7 Å². The molecule has 0 aromatic carbocycles. The first-order valence-electron chi connectivity index (χ1n) is 6.05. The number of aliphatic carboxylic acids is 1. The Labute approximate surface area is 96.1 Å². The lowest BCUT2D eigenvalue weighted by Crippen LogP contribution is -2.20. The van der Waals surface area contributed by atoms with Crippen molar-refractivity contribution in [3.8, 4) is 0 Å². The highest BCUT2D eigenvalue weighted by Crippen LogP contribution is 2.57. The van der Waals surface area contributed by atoms with Crippen LogP contribution in [0.15, 0.2) is 5.10 Å². The molecule has 2 rings (SSSR count). The summed E-state index contributed by atoms with van der Waals surface area (Å²) in [7, 11) is 0. The van der Waals surface area contributed by atoms with Gasteiger partial charge in [0.2, 0.25) is 0 Å². The van der Waals surface area contributed by atoms with Crippen LogP contribution in [-0.2, 0) is 4.79 Å². The molecule has 0 aromatic heterocycles. The van der Waals surface area contributed by atoms with Crippen molar-refractivity contribution in [3.63, 3.8) is 0 Å². The van der Waals surface area contributed by atoms with E-state index in [-0.39, 0.29) is 17.3 Å². The summed E-state index contributed by atoms with van der Waals surface area (Å²) in [5.41, 5.74) is 2.99. The molecule has 0 aliphatic heterocycles. The molecule has 0 aromatic rings. The summed E-state index contributed by atoms with van der Waals surface area (Å²) in [6.07, 6.45) is 6.72. The van der Waals surface area contributed by atoms with Crippen molar-refractivity contribution in [1.29, 1.82) is 0 Å². The highest BCUT2D eigenvalue weighted by atomic mass is 16.4. The molecule has 0 saturated heterocycles. The third-order valence-corrected chi connectivity index (χ3v) is 4.02. The molecule has 2 N–H and O–H groups in total. The van der Waals surface area contributed by atoms with E-state index >= 15 is 0 Å². The Hall–Kier alpha value is -1.06. The van der Waals surface area contributed by atoms with Crippen LogP contribution >= 0.6 is 0 Å². The lowest BCUT2D eigenvalue weighted by molar-refractivity contribution is -0.139. The molecule has 4 heteroatoms. The maximum atomic E-state index is 10.9. The molecule has 0 heterocycles. The van der Waals surface area contributed by atoms with Crippen molar-refractivity contribution in [1.82, 2.24) is 5.43 Å². The average molecular weight is 224 g/mol. The first kappa shape index (κ1) is 11.4. The molecule has 16 heavy (non-hydrogen) atoms. The molecule has 0 spiro atoms. The van der Waals surface area contributed by atoms with Crippen molar-refractivity contribution in [3.05, 3.63) is 0 Å². The van der Waals surface area contributed by atoms with E-state index in [4.69, 9.17) is 5.11 Å². The van der Waals surface area contributed by atoms with Gasteiger partial charge in [-0.05, 0) is 18.3 Å². The van der Waals surface area contributed by atoms with Gasteiger partial charge in [-0.3, -0.25) is 4.79 Å². The predicted octanol–water partition coefficient (Wildman–Crippen LogP) is 1.86. The molecule has 2 atom stereocenters. The van der Waals surface area contributed by atoms with E-state index < -0.39 is 5.97 Å². The minimum Gasteiger partial charge on any atom is -0.481 e. The second-order valence-corrected chi connectivity index (χ2v) is 5.55. The number of carbonyl (C=O) groups is 1. The fourth-order valence-electron chi connectivity index (χ4n) is 2.71. The lowest BCUT2D eigenvalue weighted by atomic mass is 10.1. The molecule has 0 radical (unpaired) electrons. The number of hydrazone groups is 1. The van der Waals surface area contributed by atoms with Gasteiger partial charge >= 0.3 is 5.97 Å². The number of carboxylic acid groups (broad SMARTS) is 1. The molecule has 1 unspecified atom stereocenters. The molecular formula is C12H20N2O2. The van der Waals surface area contributed by atoms with Crippen LogP contribution in [0.1, 0.15) is 39.5 Å². The van der Waals surface area contributed by atoms with E-state index in [9.17, 15) is 4.79 Å². The zero-order valence-electron chi connectivity index (χ0n) is 9.94. The maximum Gasteiger partial charge on any atom is 0.307 e. The van der Waals surface area contributed by atoms with Crippen LogP contribution in [0.4, 0.5) is 0 Å². The molecule has 2 aliphatic carbocycles. The minimum absolute atomic E-state index is 0.0823. The summed E-state index contributed by atoms with van der Waals surface area (Å²) in [5, 5.41) is 13.2. The normalized spacial score (nSPS) is 33.1. The Morgan fingerprint density at radius 3 is 2.56 bits per heavy atom. The van der Waals surface area contributed by atoms with E-state index in [1.54, 1.807) is 6.21 Å². The number of hydrogen-bond acceptors (Lipinski definition) is 3. The second-order valence-electron chi connectivity index (χ2n) is 5.55. The van der Waals surface area contributed by atoms with E-state index in [0.29, 0.717) is 6.04 Å². The van der Waals surface area contributed by atoms with E-state index in [0.717, 1.165) is 0 Å². The van der Waals surface area contributed by atoms with Gasteiger partial charge in [0.25, 0.3) is 0 Å². The summed E-state index contributed by atoms with van der Waals surface area (Å²) in [6, 6.07) is 0.501. The van der Waals surface area contributed by atoms with Crippen molar-refractivity contribution < 1.29 is 9.90 Å². The number of rotatable bonds is 4. The number of nitrogens with zero attached hydrogens (tertiary/aromatic N) is 1. The zero-order chi connectivity index (χ0) is 11.8. The molecule has 4 nitrogen and oxygen atoms in total. The van der Waals surface area contributed by atoms with E-state index in [1.807, 2.05) is 13.8 Å². The van der Waals surface area contributed by atoms with Gasteiger partial charge in [0.05, 0.1) is 5.92 Å². The van der Waals surface area contributed by atoms with Gasteiger partial charge in [0, 0.05) is 18.2 Å². The summed E-state index contributed by atoms with van der Waals surface area (Å²) >= 11 is 0. The van der Waals surface area contributed by atoms with Crippen molar-refractivity contribution in [2.24, 2.45) is 22.4 Å². The largest absolute Gasteiger partial charge is 0.481 e. The molecule has 90 valence electrons. The average Bonchev–Trinajstić information content (AvgIpc) is 2.62. The first-order chi connectivity index (χ1) is 7.53. The number of carboxylic acids is 1.